The monoisotopic (exact) mass is 237 g/mol. The quantitative estimate of drug-likeness (QED) is 0.677. The number of nitrogens with two attached hydrogens (primary N) is 1. The highest BCUT2D eigenvalue weighted by molar-refractivity contribution is 5.77. The van der Waals surface area contributed by atoms with Crippen LogP contribution in [0.25, 0.3) is 0 Å². The van der Waals surface area contributed by atoms with Crippen molar-refractivity contribution < 1.29 is 4.79 Å². The van der Waals surface area contributed by atoms with Crippen molar-refractivity contribution in [3.05, 3.63) is 0 Å². The van der Waals surface area contributed by atoms with Crippen molar-refractivity contribution in [2.75, 3.05) is 19.6 Å². The molecule has 96 valence electrons. The van der Waals surface area contributed by atoms with Crippen LogP contribution in [0.5, 0.6) is 0 Å². The van der Waals surface area contributed by atoms with Gasteiger partial charge < -0.3 is 10.6 Å². The van der Waals surface area contributed by atoms with Crippen LogP contribution in [0.2, 0.25) is 0 Å². The van der Waals surface area contributed by atoms with E-state index in [2.05, 4.69) is 11.2 Å². The zero-order valence-corrected chi connectivity index (χ0v) is 10.6. The van der Waals surface area contributed by atoms with Gasteiger partial charge in [-0.05, 0) is 26.2 Å². The van der Waals surface area contributed by atoms with Crippen molar-refractivity contribution >= 4 is 5.91 Å². The molecule has 1 amide bonds. The van der Waals surface area contributed by atoms with E-state index in [9.17, 15) is 4.79 Å². The molecular formula is C13H23N3O. The molecule has 0 aliphatic carbocycles. The lowest BCUT2D eigenvalue weighted by Gasteiger charge is -2.28. The Labute approximate surface area is 104 Å². The zero-order valence-electron chi connectivity index (χ0n) is 10.6. The molecule has 0 aromatic carbocycles. The van der Waals surface area contributed by atoms with Gasteiger partial charge in [0.05, 0.1) is 6.04 Å². The van der Waals surface area contributed by atoms with Gasteiger partial charge in [0, 0.05) is 32.1 Å². The number of amides is 1. The number of carbonyl (C=O) groups excluding carboxylic acids is 1. The van der Waals surface area contributed by atoms with Gasteiger partial charge in [0.25, 0.3) is 0 Å². The fourth-order valence-corrected chi connectivity index (χ4v) is 2.10. The Hall–Kier alpha value is -1.05. The molecule has 0 bridgehead atoms. The molecule has 4 nitrogen and oxygen atoms in total. The topological polar surface area (TPSA) is 58.4 Å². The van der Waals surface area contributed by atoms with Gasteiger partial charge in [-0.2, -0.15) is 0 Å². The number of terminal acetylenes is 1. The van der Waals surface area contributed by atoms with Crippen LogP contribution >= 0.6 is 0 Å². The number of hydrogen-bond acceptors (Lipinski definition) is 3. The van der Waals surface area contributed by atoms with Gasteiger partial charge in [-0.1, -0.05) is 5.92 Å². The predicted molar refractivity (Wildman–Crippen MR) is 69.3 cm³/mol. The van der Waals surface area contributed by atoms with Gasteiger partial charge >= 0.3 is 0 Å². The lowest BCUT2D eigenvalue weighted by atomic mass is 10.1. The van der Waals surface area contributed by atoms with Crippen molar-refractivity contribution in [1.82, 2.24) is 10.2 Å². The van der Waals surface area contributed by atoms with Crippen LogP contribution in [0.4, 0.5) is 0 Å². The number of hydrogen-bond donors (Lipinski definition) is 2. The summed E-state index contributed by atoms with van der Waals surface area (Å²) in [6.45, 7) is 4.11. The van der Waals surface area contributed by atoms with Crippen LogP contribution in [0.1, 0.15) is 32.6 Å². The summed E-state index contributed by atoms with van der Waals surface area (Å²) in [6, 6.07) is -0.0619. The maximum Gasteiger partial charge on any atom is 0.224 e. The Balaban J connectivity index is 2.39. The Morgan fingerprint density at radius 2 is 2.12 bits per heavy atom. The van der Waals surface area contributed by atoms with Crippen molar-refractivity contribution in [2.45, 2.75) is 44.7 Å². The highest BCUT2D eigenvalue weighted by Gasteiger charge is 2.20. The van der Waals surface area contributed by atoms with E-state index in [0.29, 0.717) is 13.0 Å². The third-order valence-electron chi connectivity index (χ3n) is 3.15. The second-order valence-corrected chi connectivity index (χ2v) is 4.63. The fraction of sp³-hybridized carbons (Fsp3) is 0.769. The number of nitrogens with one attached hydrogen (secondary N) is 1. The summed E-state index contributed by atoms with van der Waals surface area (Å²) < 4.78 is 0. The molecule has 17 heavy (non-hydrogen) atoms. The first kappa shape index (κ1) is 14.0. The lowest BCUT2D eigenvalue weighted by molar-refractivity contribution is -0.132. The summed E-state index contributed by atoms with van der Waals surface area (Å²) in [5.41, 5.74) is 5.65. The summed E-state index contributed by atoms with van der Waals surface area (Å²) >= 11 is 0. The molecule has 1 fully saturated rings. The SMILES string of the molecule is C#CC(C)NC(CN)CC(=O)N1CCCCC1. The Bertz CT molecular complexity index is 279. The van der Waals surface area contributed by atoms with E-state index in [-0.39, 0.29) is 18.0 Å². The normalized spacial score (nSPS) is 19.5. The zero-order chi connectivity index (χ0) is 12.7. The predicted octanol–water partition coefficient (Wildman–Crippen LogP) is 0.328. The number of nitrogens with zero attached hydrogens (tertiary/aromatic N) is 1. The van der Waals surface area contributed by atoms with Crippen LogP contribution in [0.3, 0.4) is 0 Å². The van der Waals surface area contributed by atoms with Gasteiger partial charge in [-0.25, -0.2) is 0 Å². The number of piperidine rings is 1. The molecule has 0 saturated carbocycles. The highest BCUT2D eigenvalue weighted by atomic mass is 16.2. The minimum atomic E-state index is -0.0438. The first-order valence-corrected chi connectivity index (χ1v) is 6.37. The maximum absolute atomic E-state index is 12.0. The standard InChI is InChI=1S/C13H23N3O/c1-3-11(2)15-12(10-14)9-13(17)16-7-5-4-6-8-16/h1,11-12,15H,4-10,14H2,2H3. The largest absolute Gasteiger partial charge is 0.343 e. The Kier molecular flexibility index (Phi) is 6.03. The molecule has 0 spiro atoms. The first-order chi connectivity index (χ1) is 8.17. The van der Waals surface area contributed by atoms with E-state index >= 15 is 0 Å². The molecule has 1 aliphatic heterocycles. The molecular weight excluding hydrogens is 214 g/mol. The van der Waals surface area contributed by atoms with Crippen LogP contribution in [-0.4, -0.2) is 42.5 Å². The molecule has 4 heteroatoms. The second kappa shape index (κ2) is 7.31. The van der Waals surface area contributed by atoms with Gasteiger partial charge in [-0.3, -0.25) is 10.1 Å². The third-order valence-corrected chi connectivity index (χ3v) is 3.15. The summed E-state index contributed by atoms with van der Waals surface area (Å²) in [5, 5.41) is 3.18. The average Bonchev–Trinajstić information content (AvgIpc) is 2.38. The second-order valence-electron chi connectivity index (χ2n) is 4.63. The van der Waals surface area contributed by atoms with Gasteiger partial charge in [0.1, 0.15) is 0 Å². The van der Waals surface area contributed by atoms with Crippen molar-refractivity contribution in [3.63, 3.8) is 0 Å². The van der Waals surface area contributed by atoms with Crippen molar-refractivity contribution in [1.29, 1.82) is 0 Å². The van der Waals surface area contributed by atoms with Gasteiger partial charge in [0.2, 0.25) is 5.91 Å². The number of carbonyl (C=O) groups is 1. The van der Waals surface area contributed by atoms with E-state index in [1.54, 1.807) is 0 Å². The van der Waals surface area contributed by atoms with E-state index < -0.39 is 0 Å². The Morgan fingerprint density at radius 3 is 2.65 bits per heavy atom. The van der Waals surface area contributed by atoms with Crippen LogP contribution in [0.15, 0.2) is 0 Å². The summed E-state index contributed by atoms with van der Waals surface area (Å²) in [5.74, 6) is 2.78. The van der Waals surface area contributed by atoms with E-state index in [1.165, 1.54) is 6.42 Å². The molecule has 2 unspecified atom stereocenters. The minimum Gasteiger partial charge on any atom is -0.343 e. The molecule has 2 atom stereocenters. The highest BCUT2D eigenvalue weighted by Crippen LogP contribution is 2.10. The molecule has 1 saturated heterocycles. The molecule has 0 aromatic heterocycles. The van der Waals surface area contributed by atoms with Crippen LogP contribution in [0, 0.1) is 12.3 Å². The van der Waals surface area contributed by atoms with E-state index in [4.69, 9.17) is 12.2 Å². The molecule has 1 heterocycles. The first-order valence-electron chi connectivity index (χ1n) is 6.37. The minimum absolute atomic E-state index is 0.0181. The molecule has 0 aromatic rings. The lowest BCUT2D eigenvalue weighted by Crippen LogP contribution is -2.46. The molecule has 3 N–H and O–H groups in total. The molecule has 1 rings (SSSR count). The van der Waals surface area contributed by atoms with Crippen molar-refractivity contribution in [3.8, 4) is 12.3 Å². The third kappa shape index (κ3) is 4.76. The van der Waals surface area contributed by atoms with Crippen LogP contribution < -0.4 is 11.1 Å². The summed E-state index contributed by atoms with van der Waals surface area (Å²) in [7, 11) is 0. The molecule has 0 radical (unpaired) electrons. The fourth-order valence-electron chi connectivity index (χ4n) is 2.10. The van der Waals surface area contributed by atoms with Gasteiger partial charge in [0.15, 0.2) is 0 Å². The van der Waals surface area contributed by atoms with Crippen LogP contribution in [-0.2, 0) is 4.79 Å². The Morgan fingerprint density at radius 1 is 1.47 bits per heavy atom. The molecule has 1 aliphatic rings. The maximum atomic E-state index is 12.0. The number of likely N-dealkylation sites (tertiary alicyclic amines) is 1. The van der Waals surface area contributed by atoms with E-state index in [1.807, 2.05) is 11.8 Å². The smallest absolute Gasteiger partial charge is 0.224 e. The summed E-state index contributed by atoms with van der Waals surface area (Å²) in [4.78, 5) is 14.0. The van der Waals surface area contributed by atoms with Gasteiger partial charge in [-0.15, -0.1) is 6.42 Å². The summed E-state index contributed by atoms with van der Waals surface area (Å²) in [6.07, 6.45) is 9.22. The van der Waals surface area contributed by atoms with E-state index in [0.717, 1.165) is 25.9 Å². The number of rotatable bonds is 5. The van der Waals surface area contributed by atoms with Crippen molar-refractivity contribution in [2.24, 2.45) is 5.73 Å². The average molecular weight is 237 g/mol.